The Kier molecular flexibility index (Phi) is 4.39. The Bertz CT molecular complexity index is 406. The van der Waals surface area contributed by atoms with Gasteiger partial charge in [-0.15, -0.1) is 0 Å². The minimum Gasteiger partial charge on any atom is -0.398 e. The van der Waals surface area contributed by atoms with Crippen molar-refractivity contribution >= 4 is 11.4 Å². The van der Waals surface area contributed by atoms with Crippen LogP contribution < -0.4 is 11.1 Å². The van der Waals surface area contributed by atoms with Crippen molar-refractivity contribution in [2.75, 3.05) is 11.1 Å². The van der Waals surface area contributed by atoms with Crippen molar-refractivity contribution in [3.05, 3.63) is 23.8 Å². The van der Waals surface area contributed by atoms with E-state index in [0.717, 1.165) is 24.9 Å². The average Bonchev–Trinajstić information content (AvgIpc) is 2.36. The Hall–Kier alpha value is -1.69. The molecule has 0 aliphatic carbocycles. The highest BCUT2D eigenvalue weighted by molar-refractivity contribution is 5.63. The molecule has 0 aromatic heterocycles. The highest BCUT2D eigenvalue weighted by Crippen LogP contribution is 2.27. The van der Waals surface area contributed by atoms with Crippen molar-refractivity contribution in [1.29, 1.82) is 5.26 Å². The lowest BCUT2D eigenvalue weighted by Crippen LogP contribution is -2.36. The van der Waals surface area contributed by atoms with Gasteiger partial charge in [0, 0.05) is 11.2 Å². The molecule has 0 heterocycles. The summed E-state index contributed by atoms with van der Waals surface area (Å²) in [7, 11) is 0. The van der Waals surface area contributed by atoms with E-state index in [1.54, 1.807) is 6.07 Å². The quantitative estimate of drug-likeness (QED) is 0.762. The maximum atomic E-state index is 8.83. The van der Waals surface area contributed by atoms with Crippen LogP contribution in [0.25, 0.3) is 0 Å². The van der Waals surface area contributed by atoms with Crippen molar-refractivity contribution in [1.82, 2.24) is 0 Å². The van der Waals surface area contributed by atoms with Crippen LogP contribution in [-0.4, -0.2) is 5.54 Å². The fourth-order valence-corrected chi connectivity index (χ4v) is 2.06. The van der Waals surface area contributed by atoms with Gasteiger partial charge in [0.2, 0.25) is 0 Å². The van der Waals surface area contributed by atoms with E-state index in [9.17, 15) is 0 Å². The molecule has 17 heavy (non-hydrogen) atoms. The van der Waals surface area contributed by atoms with E-state index in [1.807, 2.05) is 12.1 Å². The minimum atomic E-state index is 0.126. The van der Waals surface area contributed by atoms with Gasteiger partial charge >= 0.3 is 0 Å². The van der Waals surface area contributed by atoms with Crippen LogP contribution in [0, 0.1) is 11.3 Å². The molecule has 1 aromatic rings. The van der Waals surface area contributed by atoms with Gasteiger partial charge in [-0.3, -0.25) is 0 Å². The lowest BCUT2D eigenvalue weighted by atomic mass is 9.89. The number of nitriles is 1. The SMILES string of the molecule is CCC(CC)(CC)Nc1ccc(C#N)c(N)c1. The van der Waals surface area contributed by atoms with E-state index < -0.39 is 0 Å². The van der Waals surface area contributed by atoms with E-state index in [4.69, 9.17) is 11.0 Å². The van der Waals surface area contributed by atoms with Gasteiger partial charge in [0.25, 0.3) is 0 Å². The first-order valence-electron chi connectivity index (χ1n) is 6.18. The minimum absolute atomic E-state index is 0.126. The molecule has 0 saturated heterocycles. The molecule has 0 aliphatic heterocycles. The Balaban J connectivity index is 2.95. The number of hydrogen-bond acceptors (Lipinski definition) is 3. The number of rotatable bonds is 5. The van der Waals surface area contributed by atoms with E-state index >= 15 is 0 Å². The van der Waals surface area contributed by atoms with E-state index in [1.165, 1.54) is 0 Å². The third-order valence-electron chi connectivity index (χ3n) is 3.61. The van der Waals surface area contributed by atoms with Crippen LogP contribution in [0.4, 0.5) is 11.4 Å². The summed E-state index contributed by atoms with van der Waals surface area (Å²) in [4.78, 5) is 0. The van der Waals surface area contributed by atoms with Crippen molar-refractivity contribution in [3.8, 4) is 6.07 Å². The zero-order valence-electron chi connectivity index (χ0n) is 10.9. The summed E-state index contributed by atoms with van der Waals surface area (Å²) in [5, 5.41) is 12.4. The number of nitrogens with one attached hydrogen (secondary N) is 1. The lowest BCUT2D eigenvalue weighted by Gasteiger charge is -2.33. The van der Waals surface area contributed by atoms with Gasteiger partial charge in [-0.2, -0.15) is 5.26 Å². The van der Waals surface area contributed by atoms with Gasteiger partial charge in [0.1, 0.15) is 6.07 Å². The van der Waals surface area contributed by atoms with Crippen LogP contribution in [0.1, 0.15) is 45.6 Å². The second-order valence-corrected chi connectivity index (χ2v) is 4.38. The van der Waals surface area contributed by atoms with Gasteiger partial charge in [0.05, 0.1) is 11.3 Å². The predicted octanol–water partition coefficient (Wildman–Crippen LogP) is 3.52. The molecule has 0 unspecified atom stereocenters. The number of benzene rings is 1. The topological polar surface area (TPSA) is 61.8 Å². The van der Waals surface area contributed by atoms with E-state index in [0.29, 0.717) is 11.3 Å². The highest BCUT2D eigenvalue weighted by atomic mass is 15.0. The Labute approximate surface area is 104 Å². The Morgan fingerprint density at radius 3 is 2.24 bits per heavy atom. The molecule has 0 spiro atoms. The molecule has 3 heteroatoms. The number of nitrogens with zero attached hydrogens (tertiary/aromatic N) is 1. The molecular weight excluding hydrogens is 210 g/mol. The number of anilines is 2. The summed E-state index contributed by atoms with van der Waals surface area (Å²) in [6.45, 7) is 6.56. The Morgan fingerprint density at radius 1 is 1.24 bits per heavy atom. The summed E-state index contributed by atoms with van der Waals surface area (Å²) < 4.78 is 0. The molecule has 1 aromatic carbocycles. The fraction of sp³-hybridized carbons (Fsp3) is 0.500. The maximum Gasteiger partial charge on any atom is 0.101 e. The van der Waals surface area contributed by atoms with Crippen molar-refractivity contribution in [2.45, 2.75) is 45.6 Å². The van der Waals surface area contributed by atoms with Gasteiger partial charge < -0.3 is 11.1 Å². The first kappa shape index (κ1) is 13.4. The molecule has 3 N–H and O–H groups in total. The monoisotopic (exact) mass is 231 g/mol. The molecule has 0 saturated carbocycles. The molecule has 1 rings (SSSR count). The molecule has 92 valence electrons. The lowest BCUT2D eigenvalue weighted by molar-refractivity contribution is 0.420. The second kappa shape index (κ2) is 5.58. The molecule has 0 amide bonds. The third kappa shape index (κ3) is 2.91. The van der Waals surface area contributed by atoms with Crippen molar-refractivity contribution < 1.29 is 0 Å². The second-order valence-electron chi connectivity index (χ2n) is 4.38. The van der Waals surface area contributed by atoms with E-state index in [-0.39, 0.29) is 5.54 Å². The zero-order valence-corrected chi connectivity index (χ0v) is 10.9. The number of nitrogen functional groups attached to an aromatic ring is 1. The first-order chi connectivity index (χ1) is 8.10. The standard InChI is InChI=1S/C14H21N3/c1-4-14(5-2,6-3)17-12-8-7-11(10-15)13(16)9-12/h7-9,17H,4-6,16H2,1-3H3. The van der Waals surface area contributed by atoms with Crippen LogP contribution in [-0.2, 0) is 0 Å². The van der Waals surface area contributed by atoms with Crippen molar-refractivity contribution in [2.24, 2.45) is 0 Å². The summed E-state index contributed by atoms with van der Waals surface area (Å²) in [5.74, 6) is 0. The molecule has 0 fully saturated rings. The molecule has 0 bridgehead atoms. The van der Waals surface area contributed by atoms with Crippen LogP contribution in [0.3, 0.4) is 0 Å². The third-order valence-corrected chi connectivity index (χ3v) is 3.61. The zero-order chi connectivity index (χ0) is 12.9. The number of nitrogens with two attached hydrogens (primary N) is 1. The average molecular weight is 231 g/mol. The van der Waals surface area contributed by atoms with Crippen LogP contribution in [0.15, 0.2) is 18.2 Å². The van der Waals surface area contributed by atoms with Gasteiger partial charge in [-0.1, -0.05) is 20.8 Å². The number of hydrogen-bond donors (Lipinski definition) is 2. The van der Waals surface area contributed by atoms with E-state index in [2.05, 4.69) is 32.2 Å². The van der Waals surface area contributed by atoms with Crippen LogP contribution in [0.5, 0.6) is 0 Å². The van der Waals surface area contributed by atoms with Gasteiger partial charge in [-0.05, 0) is 37.5 Å². The summed E-state index contributed by atoms with van der Waals surface area (Å²) in [5.41, 5.74) is 8.00. The normalized spacial score (nSPS) is 10.9. The van der Waals surface area contributed by atoms with Gasteiger partial charge in [-0.25, -0.2) is 0 Å². The van der Waals surface area contributed by atoms with Crippen LogP contribution >= 0.6 is 0 Å². The summed E-state index contributed by atoms with van der Waals surface area (Å²) >= 11 is 0. The summed E-state index contributed by atoms with van der Waals surface area (Å²) in [6.07, 6.45) is 3.21. The maximum absolute atomic E-state index is 8.83. The summed E-state index contributed by atoms with van der Waals surface area (Å²) in [6, 6.07) is 7.60. The Morgan fingerprint density at radius 2 is 1.82 bits per heavy atom. The van der Waals surface area contributed by atoms with Crippen LogP contribution in [0.2, 0.25) is 0 Å². The highest BCUT2D eigenvalue weighted by Gasteiger charge is 2.23. The molecule has 0 aliphatic rings. The largest absolute Gasteiger partial charge is 0.398 e. The molecule has 3 nitrogen and oxygen atoms in total. The fourth-order valence-electron chi connectivity index (χ4n) is 2.06. The van der Waals surface area contributed by atoms with Gasteiger partial charge in [0.15, 0.2) is 0 Å². The van der Waals surface area contributed by atoms with Crippen molar-refractivity contribution in [3.63, 3.8) is 0 Å². The first-order valence-corrected chi connectivity index (χ1v) is 6.18. The predicted molar refractivity (Wildman–Crippen MR) is 72.8 cm³/mol. The smallest absolute Gasteiger partial charge is 0.101 e. The molecule has 0 atom stereocenters. The molecule has 0 radical (unpaired) electrons. The molecular formula is C14H21N3.